The van der Waals surface area contributed by atoms with E-state index in [4.69, 9.17) is 0 Å². The van der Waals surface area contributed by atoms with Gasteiger partial charge in [-0.1, -0.05) is 42.5 Å². The molecular weight excluding hydrogens is 288 g/mol. The third kappa shape index (κ3) is 4.95. The van der Waals surface area contributed by atoms with E-state index in [9.17, 15) is 9.59 Å². The molecule has 23 heavy (non-hydrogen) atoms. The Labute approximate surface area is 136 Å². The van der Waals surface area contributed by atoms with Gasteiger partial charge in [-0.3, -0.25) is 9.59 Å². The zero-order chi connectivity index (χ0) is 16.7. The lowest BCUT2D eigenvalue weighted by Gasteiger charge is -2.09. The summed E-state index contributed by atoms with van der Waals surface area (Å²) in [6, 6.07) is 15.4. The summed E-state index contributed by atoms with van der Waals surface area (Å²) in [6.45, 7) is 4.47. The van der Waals surface area contributed by atoms with Gasteiger partial charge in [-0.25, -0.2) is 0 Å². The van der Waals surface area contributed by atoms with Gasteiger partial charge < -0.3 is 10.6 Å². The van der Waals surface area contributed by atoms with Crippen molar-refractivity contribution in [3.8, 4) is 0 Å². The molecule has 0 aliphatic carbocycles. The third-order valence-corrected chi connectivity index (χ3v) is 3.78. The van der Waals surface area contributed by atoms with Crippen LogP contribution in [0.15, 0.2) is 48.5 Å². The van der Waals surface area contributed by atoms with Crippen LogP contribution in [-0.2, 0) is 11.2 Å². The van der Waals surface area contributed by atoms with Crippen molar-refractivity contribution in [3.63, 3.8) is 0 Å². The molecule has 0 atom stereocenters. The van der Waals surface area contributed by atoms with Gasteiger partial charge in [0.2, 0.25) is 5.91 Å². The maximum atomic E-state index is 12.0. The SMILES string of the molecule is Cc1ccccc1CCNC(=O)CNC(=O)c1ccccc1C. The smallest absolute Gasteiger partial charge is 0.251 e. The first kappa shape index (κ1) is 16.7. The molecule has 0 fully saturated rings. The number of amides is 2. The Hall–Kier alpha value is -2.62. The molecule has 0 radical (unpaired) electrons. The van der Waals surface area contributed by atoms with Gasteiger partial charge >= 0.3 is 0 Å². The predicted molar refractivity (Wildman–Crippen MR) is 91.4 cm³/mol. The van der Waals surface area contributed by atoms with E-state index < -0.39 is 0 Å². The standard InChI is InChI=1S/C19H22N2O2/c1-14-7-3-5-9-16(14)11-12-20-18(22)13-21-19(23)17-10-6-4-8-15(17)2/h3-10H,11-13H2,1-2H3,(H,20,22)(H,21,23). The van der Waals surface area contributed by atoms with Crippen LogP contribution in [0.1, 0.15) is 27.0 Å². The second-order valence-corrected chi connectivity index (χ2v) is 5.52. The van der Waals surface area contributed by atoms with Crippen molar-refractivity contribution in [2.45, 2.75) is 20.3 Å². The first-order chi connectivity index (χ1) is 11.1. The molecular formula is C19H22N2O2. The minimum Gasteiger partial charge on any atom is -0.354 e. The average Bonchev–Trinajstić information content (AvgIpc) is 2.55. The lowest BCUT2D eigenvalue weighted by Crippen LogP contribution is -2.37. The van der Waals surface area contributed by atoms with Crippen LogP contribution < -0.4 is 10.6 Å². The minimum atomic E-state index is -0.225. The Morgan fingerprint density at radius 1 is 0.870 bits per heavy atom. The molecule has 2 rings (SSSR count). The Bertz CT molecular complexity index is 695. The number of carbonyl (C=O) groups excluding carboxylic acids is 2. The third-order valence-electron chi connectivity index (χ3n) is 3.78. The summed E-state index contributed by atoms with van der Waals surface area (Å²) in [6.07, 6.45) is 0.782. The van der Waals surface area contributed by atoms with Crippen LogP contribution in [-0.4, -0.2) is 24.9 Å². The largest absolute Gasteiger partial charge is 0.354 e. The quantitative estimate of drug-likeness (QED) is 0.861. The van der Waals surface area contributed by atoms with Crippen molar-refractivity contribution in [1.82, 2.24) is 10.6 Å². The fourth-order valence-electron chi connectivity index (χ4n) is 2.37. The van der Waals surface area contributed by atoms with Crippen LogP contribution in [0, 0.1) is 13.8 Å². The summed E-state index contributed by atoms with van der Waals surface area (Å²) in [5, 5.41) is 5.47. The number of carbonyl (C=O) groups is 2. The van der Waals surface area contributed by atoms with E-state index in [1.807, 2.05) is 37.3 Å². The molecule has 2 aromatic carbocycles. The van der Waals surface area contributed by atoms with Gasteiger partial charge in [0, 0.05) is 12.1 Å². The van der Waals surface area contributed by atoms with E-state index in [0.717, 1.165) is 12.0 Å². The minimum absolute atomic E-state index is 0.0130. The van der Waals surface area contributed by atoms with Crippen LogP contribution in [0.3, 0.4) is 0 Å². The highest BCUT2D eigenvalue weighted by Gasteiger charge is 2.09. The second-order valence-electron chi connectivity index (χ2n) is 5.52. The molecule has 0 aromatic heterocycles. The van der Waals surface area contributed by atoms with Crippen LogP contribution >= 0.6 is 0 Å². The molecule has 2 aromatic rings. The van der Waals surface area contributed by atoms with Crippen LogP contribution in [0.2, 0.25) is 0 Å². The summed E-state index contributed by atoms with van der Waals surface area (Å²) in [5.74, 6) is -0.405. The Morgan fingerprint density at radius 2 is 1.52 bits per heavy atom. The maximum absolute atomic E-state index is 12.0. The Morgan fingerprint density at radius 3 is 2.22 bits per heavy atom. The van der Waals surface area contributed by atoms with Crippen molar-refractivity contribution in [2.24, 2.45) is 0 Å². The highest BCUT2D eigenvalue weighted by Crippen LogP contribution is 2.07. The van der Waals surface area contributed by atoms with Gasteiger partial charge in [0.15, 0.2) is 0 Å². The van der Waals surface area contributed by atoms with E-state index in [-0.39, 0.29) is 18.4 Å². The van der Waals surface area contributed by atoms with Crippen LogP contribution in [0.25, 0.3) is 0 Å². The molecule has 2 N–H and O–H groups in total. The molecule has 0 saturated carbocycles. The number of benzene rings is 2. The van der Waals surface area contributed by atoms with Gasteiger partial charge in [-0.05, 0) is 43.0 Å². The van der Waals surface area contributed by atoms with Crippen LogP contribution in [0.5, 0.6) is 0 Å². The molecule has 4 heteroatoms. The maximum Gasteiger partial charge on any atom is 0.251 e. The fraction of sp³-hybridized carbons (Fsp3) is 0.263. The molecule has 120 valence electrons. The van der Waals surface area contributed by atoms with Crippen molar-refractivity contribution < 1.29 is 9.59 Å². The van der Waals surface area contributed by atoms with E-state index in [0.29, 0.717) is 12.1 Å². The summed E-state index contributed by atoms with van der Waals surface area (Å²) < 4.78 is 0. The molecule has 0 spiro atoms. The summed E-state index contributed by atoms with van der Waals surface area (Å²) in [5.41, 5.74) is 3.93. The van der Waals surface area contributed by atoms with E-state index in [1.54, 1.807) is 6.07 Å². The molecule has 0 aliphatic heterocycles. The lowest BCUT2D eigenvalue weighted by molar-refractivity contribution is -0.120. The normalized spacial score (nSPS) is 10.2. The molecule has 2 amide bonds. The van der Waals surface area contributed by atoms with Gasteiger partial charge in [-0.2, -0.15) is 0 Å². The molecule has 0 aliphatic rings. The van der Waals surface area contributed by atoms with Gasteiger partial charge in [0.1, 0.15) is 0 Å². The second kappa shape index (κ2) is 8.13. The predicted octanol–water partition coefficient (Wildman–Crippen LogP) is 2.39. The topological polar surface area (TPSA) is 58.2 Å². The first-order valence-electron chi connectivity index (χ1n) is 7.73. The Kier molecular flexibility index (Phi) is 5.92. The van der Waals surface area contributed by atoms with E-state index in [2.05, 4.69) is 29.7 Å². The molecule has 0 unspecified atom stereocenters. The highest BCUT2D eigenvalue weighted by molar-refractivity contribution is 5.97. The van der Waals surface area contributed by atoms with Gasteiger partial charge in [-0.15, -0.1) is 0 Å². The van der Waals surface area contributed by atoms with Crippen LogP contribution in [0.4, 0.5) is 0 Å². The number of rotatable bonds is 6. The Balaban J connectivity index is 1.74. The summed E-state index contributed by atoms with van der Waals surface area (Å²) in [4.78, 5) is 23.8. The zero-order valence-corrected chi connectivity index (χ0v) is 13.6. The lowest BCUT2D eigenvalue weighted by atomic mass is 10.1. The van der Waals surface area contributed by atoms with Gasteiger partial charge in [0.05, 0.1) is 6.54 Å². The van der Waals surface area contributed by atoms with Gasteiger partial charge in [0.25, 0.3) is 5.91 Å². The summed E-state index contributed by atoms with van der Waals surface area (Å²) in [7, 11) is 0. The molecule has 0 bridgehead atoms. The zero-order valence-electron chi connectivity index (χ0n) is 13.6. The average molecular weight is 310 g/mol. The number of hydrogen-bond donors (Lipinski definition) is 2. The number of nitrogens with one attached hydrogen (secondary N) is 2. The molecule has 0 saturated heterocycles. The fourth-order valence-corrected chi connectivity index (χ4v) is 2.37. The van der Waals surface area contributed by atoms with Crippen molar-refractivity contribution in [2.75, 3.05) is 13.1 Å². The number of aryl methyl sites for hydroxylation is 2. The first-order valence-corrected chi connectivity index (χ1v) is 7.73. The van der Waals surface area contributed by atoms with E-state index in [1.165, 1.54) is 11.1 Å². The highest BCUT2D eigenvalue weighted by atomic mass is 16.2. The van der Waals surface area contributed by atoms with Crippen molar-refractivity contribution in [3.05, 3.63) is 70.8 Å². The number of hydrogen-bond acceptors (Lipinski definition) is 2. The van der Waals surface area contributed by atoms with Crippen molar-refractivity contribution in [1.29, 1.82) is 0 Å². The van der Waals surface area contributed by atoms with E-state index >= 15 is 0 Å². The molecule has 4 nitrogen and oxygen atoms in total. The summed E-state index contributed by atoms with van der Waals surface area (Å²) >= 11 is 0. The molecule has 0 heterocycles. The monoisotopic (exact) mass is 310 g/mol. The van der Waals surface area contributed by atoms with Crippen molar-refractivity contribution >= 4 is 11.8 Å².